The Kier molecular flexibility index (Phi) is 3.31. The Morgan fingerprint density at radius 2 is 1.81 bits per heavy atom. The molecule has 0 spiro atoms. The van der Waals surface area contributed by atoms with E-state index >= 15 is 0 Å². The lowest BCUT2D eigenvalue weighted by atomic mass is 10.2. The summed E-state index contributed by atoms with van der Waals surface area (Å²) in [5.41, 5.74) is 0. The highest BCUT2D eigenvalue weighted by atomic mass is 16.4. The molecule has 0 bridgehead atoms. The number of urea groups is 1. The number of carboxylic acids is 1. The average molecular weight is 226 g/mol. The summed E-state index contributed by atoms with van der Waals surface area (Å²) in [5, 5.41) is 11.7. The first kappa shape index (κ1) is 11.2. The third kappa shape index (κ3) is 2.87. The van der Waals surface area contributed by atoms with Crippen molar-refractivity contribution in [1.82, 2.24) is 10.2 Å². The molecule has 0 aliphatic heterocycles. The molecule has 0 saturated heterocycles. The molecule has 2 amide bonds. The van der Waals surface area contributed by atoms with E-state index in [1.54, 1.807) is 0 Å². The maximum atomic E-state index is 11.9. The van der Waals surface area contributed by atoms with E-state index in [1.165, 1.54) is 4.90 Å². The molecule has 2 rings (SSSR count). The third-order valence-electron chi connectivity index (χ3n) is 3.24. The van der Waals surface area contributed by atoms with Crippen LogP contribution in [0.1, 0.15) is 38.5 Å². The van der Waals surface area contributed by atoms with Crippen LogP contribution in [0.15, 0.2) is 0 Å². The largest absolute Gasteiger partial charge is 0.480 e. The van der Waals surface area contributed by atoms with Gasteiger partial charge >= 0.3 is 12.0 Å². The molecule has 90 valence electrons. The quantitative estimate of drug-likeness (QED) is 0.756. The summed E-state index contributed by atoms with van der Waals surface area (Å²) in [6.07, 6.45) is 6.11. The number of hydrogen-bond acceptors (Lipinski definition) is 2. The van der Waals surface area contributed by atoms with Crippen molar-refractivity contribution < 1.29 is 14.7 Å². The first-order valence-electron chi connectivity index (χ1n) is 5.96. The minimum Gasteiger partial charge on any atom is -0.480 e. The number of carboxylic acid groups (broad SMARTS) is 1. The molecule has 0 unspecified atom stereocenters. The second-order valence-electron chi connectivity index (χ2n) is 4.68. The predicted octanol–water partition coefficient (Wildman–Crippen LogP) is 1.19. The number of nitrogens with zero attached hydrogens (tertiary/aromatic N) is 1. The van der Waals surface area contributed by atoms with Crippen LogP contribution in [-0.4, -0.2) is 40.6 Å². The van der Waals surface area contributed by atoms with Crippen LogP contribution in [0.25, 0.3) is 0 Å². The monoisotopic (exact) mass is 226 g/mol. The Balaban J connectivity index is 1.93. The number of carbonyl (C=O) groups is 2. The van der Waals surface area contributed by atoms with Crippen LogP contribution in [0.2, 0.25) is 0 Å². The Morgan fingerprint density at radius 1 is 1.19 bits per heavy atom. The van der Waals surface area contributed by atoms with Gasteiger partial charge in [-0.2, -0.15) is 0 Å². The molecule has 0 radical (unpaired) electrons. The molecular formula is C11H18N2O3. The smallest absolute Gasteiger partial charge is 0.323 e. The van der Waals surface area contributed by atoms with E-state index in [0.29, 0.717) is 0 Å². The van der Waals surface area contributed by atoms with Crippen molar-refractivity contribution >= 4 is 12.0 Å². The first-order valence-corrected chi connectivity index (χ1v) is 5.96. The zero-order chi connectivity index (χ0) is 11.5. The van der Waals surface area contributed by atoms with Crippen LogP contribution in [0.4, 0.5) is 4.79 Å². The lowest BCUT2D eigenvalue weighted by Crippen LogP contribution is -2.48. The number of carbonyl (C=O) groups excluding carboxylic acids is 1. The van der Waals surface area contributed by atoms with Gasteiger partial charge in [-0.3, -0.25) is 4.79 Å². The van der Waals surface area contributed by atoms with Crippen LogP contribution in [0.5, 0.6) is 0 Å². The van der Waals surface area contributed by atoms with E-state index in [0.717, 1.165) is 38.5 Å². The van der Waals surface area contributed by atoms with Gasteiger partial charge in [0.05, 0.1) is 0 Å². The van der Waals surface area contributed by atoms with Crippen molar-refractivity contribution in [3.05, 3.63) is 0 Å². The molecule has 2 aliphatic rings. The van der Waals surface area contributed by atoms with E-state index < -0.39 is 5.97 Å². The van der Waals surface area contributed by atoms with Crippen molar-refractivity contribution in [2.45, 2.75) is 50.6 Å². The van der Waals surface area contributed by atoms with Gasteiger partial charge in [0, 0.05) is 12.1 Å². The van der Waals surface area contributed by atoms with Crippen LogP contribution < -0.4 is 5.32 Å². The summed E-state index contributed by atoms with van der Waals surface area (Å²) in [5.74, 6) is -0.933. The van der Waals surface area contributed by atoms with Crippen LogP contribution in [0, 0.1) is 0 Å². The zero-order valence-corrected chi connectivity index (χ0v) is 9.32. The molecule has 2 saturated carbocycles. The van der Waals surface area contributed by atoms with Crippen molar-refractivity contribution in [3.63, 3.8) is 0 Å². The molecule has 2 fully saturated rings. The van der Waals surface area contributed by atoms with Gasteiger partial charge < -0.3 is 15.3 Å². The normalized spacial score (nSPS) is 20.8. The van der Waals surface area contributed by atoms with Gasteiger partial charge in [-0.05, 0) is 25.7 Å². The molecule has 0 aromatic carbocycles. The van der Waals surface area contributed by atoms with Crippen molar-refractivity contribution in [3.8, 4) is 0 Å². The molecule has 5 heteroatoms. The van der Waals surface area contributed by atoms with Crippen molar-refractivity contribution in [2.75, 3.05) is 6.54 Å². The lowest BCUT2D eigenvalue weighted by molar-refractivity contribution is -0.138. The summed E-state index contributed by atoms with van der Waals surface area (Å²) in [4.78, 5) is 24.1. The first-order chi connectivity index (χ1) is 7.66. The second-order valence-corrected chi connectivity index (χ2v) is 4.68. The molecule has 5 nitrogen and oxygen atoms in total. The van der Waals surface area contributed by atoms with Gasteiger partial charge in [-0.25, -0.2) is 4.79 Å². The summed E-state index contributed by atoms with van der Waals surface area (Å²) in [6.45, 7) is -0.177. The van der Waals surface area contributed by atoms with E-state index in [2.05, 4.69) is 5.32 Å². The average Bonchev–Trinajstić information content (AvgIpc) is 2.87. The fourth-order valence-electron chi connectivity index (χ4n) is 2.21. The minimum absolute atomic E-state index is 0.120. The molecule has 0 aromatic heterocycles. The van der Waals surface area contributed by atoms with Crippen molar-refractivity contribution in [2.24, 2.45) is 0 Å². The number of hydrogen-bond donors (Lipinski definition) is 2. The van der Waals surface area contributed by atoms with Crippen molar-refractivity contribution in [1.29, 1.82) is 0 Å². The molecule has 0 atom stereocenters. The van der Waals surface area contributed by atoms with Gasteiger partial charge in [-0.1, -0.05) is 12.8 Å². The molecule has 16 heavy (non-hydrogen) atoms. The molecule has 2 aliphatic carbocycles. The molecule has 2 N–H and O–H groups in total. The van der Waals surface area contributed by atoms with Gasteiger partial charge in [0.2, 0.25) is 0 Å². The fourth-order valence-corrected chi connectivity index (χ4v) is 2.21. The fraction of sp³-hybridized carbons (Fsp3) is 0.818. The standard InChI is InChI=1S/C11H18N2O3/c14-10(15)7-13(9-3-1-2-4-9)11(16)12-8-5-6-8/h8-9H,1-7H2,(H,12,16)(H,14,15). The van der Waals surface area contributed by atoms with Gasteiger partial charge in [0.15, 0.2) is 0 Å². The van der Waals surface area contributed by atoms with Crippen LogP contribution >= 0.6 is 0 Å². The van der Waals surface area contributed by atoms with Crippen LogP contribution in [0.3, 0.4) is 0 Å². The highest BCUT2D eigenvalue weighted by molar-refractivity contribution is 5.80. The maximum absolute atomic E-state index is 11.9. The summed E-state index contributed by atoms with van der Waals surface area (Å²) >= 11 is 0. The zero-order valence-electron chi connectivity index (χ0n) is 9.32. The molecular weight excluding hydrogens is 208 g/mol. The van der Waals surface area contributed by atoms with Gasteiger partial charge in [-0.15, -0.1) is 0 Å². The minimum atomic E-state index is -0.933. The Bertz CT molecular complexity index is 283. The van der Waals surface area contributed by atoms with Crippen LogP contribution in [-0.2, 0) is 4.79 Å². The number of nitrogens with one attached hydrogen (secondary N) is 1. The third-order valence-corrected chi connectivity index (χ3v) is 3.24. The second kappa shape index (κ2) is 4.72. The number of aliphatic carboxylic acids is 1. The SMILES string of the molecule is O=C(O)CN(C(=O)NC1CC1)C1CCCC1. The number of amides is 2. The Labute approximate surface area is 94.8 Å². The van der Waals surface area contributed by atoms with E-state index in [1.807, 2.05) is 0 Å². The predicted molar refractivity (Wildman–Crippen MR) is 58.2 cm³/mol. The maximum Gasteiger partial charge on any atom is 0.323 e. The Hall–Kier alpha value is -1.26. The van der Waals surface area contributed by atoms with Gasteiger partial charge in [0.25, 0.3) is 0 Å². The van der Waals surface area contributed by atoms with E-state index in [9.17, 15) is 9.59 Å². The Morgan fingerprint density at radius 3 is 2.31 bits per heavy atom. The lowest BCUT2D eigenvalue weighted by Gasteiger charge is -2.27. The highest BCUT2D eigenvalue weighted by Gasteiger charge is 2.31. The topological polar surface area (TPSA) is 69.6 Å². The summed E-state index contributed by atoms with van der Waals surface area (Å²) in [6, 6.07) is 0.205. The molecule has 0 heterocycles. The molecule has 0 aromatic rings. The van der Waals surface area contributed by atoms with Gasteiger partial charge in [0.1, 0.15) is 6.54 Å². The highest BCUT2D eigenvalue weighted by Crippen LogP contribution is 2.25. The summed E-state index contributed by atoms with van der Waals surface area (Å²) < 4.78 is 0. The van der Waals surface area contributed by atoms with E-state index in [-0.39, 0.29) is 24.7 Å². The summed E-state index contributed by atoms with van der Waals surface area (Å²) in [7, 11) is 0. The van der Waals surface area contributed by atoms with E-state index in [4.69, 9.17) is 5.11 Å². The number of rotatable bonds is 4.